The van der Waals surface area contributed by atoms with Gasteiger partial charge in [-0.25, -0.2) is 4.39 Å². The summed E-state index contributed by atoms with van der Waals surface area (Å²) in [7, 11) is 3.87. The van der Waals surface area contributed by atoms with E-state index < -0.39 is 6.17 Å². The molecule has 1 atom stereocenters. The minimum Gasteiger partial charge on any atom is -0.506 e. The summed E-state index contributed by atoms with van der Waals surface area (Å²) in [6.45, 7) is 1.34. The largest absolute Gasteiger partial charge is 0.506 e. The first kappa shape index (κ1) is 18.3. The van der Waals surface area contributed by atoms with Crippen LogP contribution in [0.1, 0.15) is 34.8 Å². The summed E-state index contributed by atoms with van der Waals surface area (Å²) in [5.41, 5.74) is 3.03. The molecule has 25 heavy (non-hydrogen) atoms. The standard InChI is InChI=1S/C17H13B2Br2FO3/c1-6(22)17-14(8-4-9(18)10(19)5-13(8)25-17)15(23)7-2-11(20)16(24)12(21)3-7/h2-6,24H,18-19H2,1H3. The van der Waals surface area contributed by atoms with E-state index in [0.717, 1.165) is 10.9 Å². The highest BCUT2D eigenvalue weighted by Crippen LogP contribution is 2.37. The van der Waals surface area contributed by atoms with E-state index in [1.54, 1.807) is 0 Å². The van der Waals surface area contributed by atoms with Crippen molar-refractivity contribution in [3.63, 3.8) is 0 Å². The third kappa shape index (κ3) is 3.17. The Balaban J connectivity index is 2.28. The molecule has 3 rings (SSSR count). The first-order valence-corrected chi connectivity index (χ1v) is 9.19. The summed E-state index contributed by atoms with van der Waals surface area (Å²) in [5.74, 6) is -0.340. The van der Waals surface area contributed by atoms with E-state index in [-0.39, 0.29) is 22.9 Å². The maximum Gasteiger partial charge on any atom is 0.197 e. The number of phenols is 1. The fraction of sp³-hybridized carbons (Fsp3) is 0.118. The van der Waals surface area contributed by atoms with Gasteiger partial charge in [-0.05, 0) is 57.0 Å². The zero-order valence-corrected chi connectivity index (χ0v) is 17.0. The monoisotopic (exact) mass is 464 g/mol. The van der Waals surface area contributed by atoms with E-state index in [1.807, 2.05) is 27.8 Å². The van der Waals surface area contributed by atoms with Crippen molar-refractivity contribution in [2.45, 2.75) is 13.1 Å². The molecule has 0 saturated heterocycles. The Bertz CT molecular complexity index is 992. The van der Waals surface area contributed by atoms with Gasteiger partial charge in [0.25, 0.3) is 0 Å². The first-order chi connectivity index (χ1) is 11.7. The summed E-state index contributed by atoms with van der Waals surface area (Å²) in [4.78, 5) is 13.1. The zero-order valence-electron chi connectivity index (χ0n) is 13.8. The molecule has 3 aromatic rings. The van der Waals surface area contributed by atoms with Gasteiger partial charge in [-0.15, -0.1) is 0 Å². The number of carbonyl (C=O) groups excluding carboxylic acids is 1. The second kappa shape index (κ2) is 6.65. The van der Waals surface area contributed by atoms with Gasteiger partial charge in [0.2, 0.25) is 0 Å². The third-order valence-electron chi connectivity index (χ3n) is 4.20. The molecule has 0 aliphatic heterocycles. The minimum atomic E-state index is -1.42. The van der Waals surface area contributed by atoms with E-state index in [9.17, 15) is 14.3 Å². The normalized spacial score (nSPS) is 12.5. The SMILES string of the molecule is Bc1cc2oc(C(C)F)c(C(=O)c3cc(Br)c(O)c(Br)c3)c2cc1B. The van der Waals surface area contributed by atoms with Crippen molar-refractivity contribution in [2.24, 2.45) is 0 Å². The molecule has 3 nitrogen and oxygen atoms in total. The molecule has 1 heterocycles. The van der Waals surface area contributed by atoms with Crippen molar-refractivity contribution in [3.8, 4) is 5.75 Å². The van der Waals surface area contributed by atoms with Crippen LogP contribution in [0.4, 0.5) is 4.39 Å². The fourth-order valence-corrected chi connectivity index (χ4v) is 3.91. The number of furan rings is 1. The van der Waals surface area contributed by atoms with Crippen LogP contribution in [0.25, 0.3) is 11.0 Å². The highest BCUT2D eigenvalue weighted by molar-refractivity contribution is 9.11. The van der Waals surface area contributed by atoms with Crippen molar-refractivity contribution >= 4 is 75.2 Å². The smallest absolute Gasteiger partial charge is 0.197 e. The second-order valence-corrected chi connectivity index (χ2v) is 7.72. The van der Waals surface area contributed by atoms with Gasteiger partial charge in [0, 0.05) is 10.9 Å². The van der Waals surface area contributed by atoms with E-state index in [0.29, 0.717) is 25.5 Å². The van der Waals surface area contributed by atoms with Crippen molar-refractivity contribution < 1.29 is 18.7 Å². The summed E-state index contributed by atoms with van der Waals surface area (Å²) in [5, 5.41) is 10.4. The van der Waals surface area contributed by atoms with Crippen LogP contribution in [0.15, 0.2) is 37.6 Å². The average molecular weight is 466 g/mol. The highest BCUT2D eigenvalue weighted by Gasteiger charge is 2.26. The molecule has 0 bridgehead atoms. The molecule has 8 heteroatoms. The highest BCUT2D eigenvalue weighted by atomic mass is 79.9. The first-order valence-electron chi connectivity index (χ1n) is 7.61. The number of ketones is 1. The van der Waals surface area contributed by atoms with Crippen LogP contribution in [0, 0.1) is 0 Å². The summed E-state index contributed by atoms with van der Waals surface area (Å²) in [6.07, 6.45) is -1.42. The van der Waals surface area contributed by atoms with Gasteiger partial charge >= 0.3 is 0 Å². The fourth-order valence-electron chi connectivity index (χ4n) is 2.73. The van der Waals surface area contributed by atoms with Crippen LogP contribution in [0.3, 0.4) is 0 Å². The predicted molar refractivity (Wildman–Crippen MR) is 109 cm³/mol. The van der Waals surface area contributed by atoms with Gasteiger partial charge in [-0.2, -0.15) is 0 Å². The van der Waals surface area contributed by atoms with Gasteiger partial charge in [-0.1, -0.05) is 17.0 Å². The molecule has 0 aliphatic carbocycles. The number of fused-ring (bicyclic) bond motifs is 1. The number of alkyl halides is 1. The van der Waals surface area contributed by atoms with Crippen molar-refractivity contribution in [2.75, 3.05) is 0 Å². The lowest BCUT2D eigenvalue weighted by atomic mass is 9.79. The van der Waals surface area contributed by atoms with E-state index in [4.69, 9.17) is 4.42 Å². The summed E-state index contributed by atoms with van der Waals surface area (Å²) in [6, 6.07) is 6.68. The van der Waals surface area contributed by atoms with Gasteiger partial charge in [0.15, 0.2) is 12.0 Å². The predicted octanol–water partition coefficient (Wildman–Crippen LogP) is 2.44. The summed E-state index contributed by atoms with van der Waals surface area (Å²) < 4.78 is 20.5. The minimum absolute atomic E-state index is 0.000783. The lowest BCUT2D eigenvalue weighted by Gasteiger charge is -2.07. The van der Waals surface area contributed by atoms with Crippen LogP contribution in [-0.2, 0) is 0 Å². The number of carbonyl (C=O) groups is 1. The Morgan fingerprint density at radius 3 is 2.28 bits per heavy atom. The molecule has 1 N–H and O–H groups in total. The number of benzene rings is 2. The van der Waals surface area contributed by atoms with Crippen LogP contribution < -0.4 is 10.9 Å². The Hall–Kier alpha value is -1.53. The topological polar surface area (TPSA) is 50.4 Å². The van der Waals surface area contributed by atoms with Crippen LogP contribution in [0.5, 0.6) is 5.75 Å². The molecular formula is C17H13B2Br2FO3. The lowest BCUT2D eigenvalue weighted by Crippen LogP contribution is -2.24. The van der Waals surface area contributed by atoms with E-state index >= 15 is 0 Å². The quantitative estimate of drug-likeness (QED) is 0.478. The van der Waals surface area contributed by atoms with E-state index in [1.165, 1.54) is 19.1 Å². The number of halogens is 3. The molecular weight excluding hydrogens is 453 g/mol. The van der Waals surface area contributed by atoms with Gasteiger partial charge < -0.3 is 9.52 Å². The van der Waals surface area contributed by atoms with Gasteiger partial charge in [0.1, 0.15) is 32.8 Å². The van der Waals surface area contributed by atoms with E-state index in [2.05, 4.69) is 31.9 Å². The number of rotatable bonds is 3. The maximum absolute atomic E-state index is 14.1. The average Bonchev–Trinajstić information content (AvgIpc) is 2.90. The van der Waals surface area contributed by atoms with Gasteiger partial charge in [-0.3, -0.25) is 4.79 Å². The molecule has 1 aromatic heterocycles. The molecule has 126 valence electrons. The molecule has 0 spiro atoms. The third-order valence-corrected chi connectivity index (χ3v) is 5.41. The number of hydrogen-bond acceptors (Lipinski definition) is 3. The molecule has 0 radical (unpaired) electrons. The summed E-state index contributed by atoms with van der Waals surface area (Å²) >= 11 is 6.43. The zero-order chi connectivity index (χ0) is 18.5. The Morgan fingerprint density at radius 1 is 1.16 bits per heavy atom. The van der Waals surface area contributed by atoms with Crippen LogP contribution in [-0.4, -0.2) is 26.6 Å². The maximum atomic E-state index is 14.1. The molecule has 0 fully saturated rings. The van der Waals surface area contributed by atoms with Crippen molar-refractivity contribution in [1.82, 2.24) is 0 Å². The molecule has 1 unspecified atom stereocenters. The lowest BCUT2D eigenvalue weighted by molar-refractivity contribution is 0.103. The molecule has 0 saturated carbocycles. The Labute approximate surface area is 162 Å². The molecule has 0 amide bonds. The van der Waals surface area contributed by atoms with Gasteiger partial charge in [0.05, 0.1) is 14.5 Å². The second-order valence-electron chi connectivity index (χ2n) is 6.01. The number of phenolic OH excluding ortho intramolecular Hbond substituents is 1. The Kier molecular flexibility index (Phi) is 4.86. The van der Waals surface area contributed by atoms with Crippen molar-refractivity contribution in [1.29, 1.82) is 0 Å². The van der Waals surface area contributed by atoms with Crippen LogP contribution in [0.2, 0.25) is 0 Å². The number of aromatic hydroxyl groups is 1. The van der Waals surface area contributed by atoms with Crippen LogP contribution >= 0.6 is 31.9 Å². The molecule has 0 aliphatic rings. The Morgan fingerprint density at radius 2 is 1.72 bits per heavy atom. The number of hydrogen-bond donors (Lipinski definition) is 1. The van der Waals surface area contributed by atoms with Crippen molar-refractivity contribution in [3.05, 3.63) is 50.1 Å². The molecule has 2 aromatic carbocycles.